The van der Waals surface area contributed by atoms with E-state index in [1.165, 1.54) is 32.1 Å². The van der Waals surface area contributed by atoms with Crippen molar-refractivity contribution in [1.82, 2.24) is 4.90 Å². The number of amides is 1. The standard InChI is InChI=1S/C27H42N2O6/c1-4-5-6-7-13-18-31-20-27-24(34-26(2,3)35-27)23(22(33-27)19-29-16-11-12-17-29)32-25(30)28-21-14-9-8-10-15-21/h8-10,14-15,22-24H,4-7,11-13,16-20H2,1-3H3,(H,28,30)/t22-,23+,24-,27-/m0/s1. The number of hydrogen-bond donors (Lipinski definition) is 1. The Hall–Kier alpha value is -1.71. The van der Waals surface area contributed by atoms with Gasteiger partial charge in [0.05, 0.1) is 0 Å². The first-order valence-corrected chi connectivity index (χ1v) is 13.3. The van der Waals surface area contributed by atoms with Crippen molar-refractivity contribution in [2.45, 2.75) is 95.6 Å². The summed E-state index contributed by atoms with van der Waals surface area (Å²) in [4.78, 5) is 15.2. The molecule has 1 amide bonds. The van der Waals surface area contributed by atoms with Gasteiger partial charge in [-0.2, -0.15) is 0 Å². The first-order valence-electron chi connectivity index (χ1n) is 13.3. The Morgan fingerprint density at radius 3 is 2.57 bits per heavy atom. The maximum absolute atomic E-state index is 12.9. The normalized spacial score (nSPS) is 29.9. The molecule has 0 bridgehead atoms. The number of hydrogen-bond acceptors (Lipinski definition) is 7. The van der Waals surface area contributed by atoms with Crippen LogP contribution in [0.4, 0.5) is 10.5 Å². The van der Waals surface area contributed by atoms with E-state index in [0.717, 1.165) is 25.9 Å². The van der Waals surface area contributed by atoms with Gasteiger partial charge in [0.2, 0.25) is 5.79 Å². The zero-order valence-electron chi connectivity index (χ0n) is 21.5. The average Bonchev–Trinajstić information content (AvgIpc) is 3.48. The molecule has 0 saturated carbocycles. The average molecular weight is 491 g/mol. The minimum Gasteiger partial charge on any atom is -0.440 e. The Morgan fingerprint density at radius 1 is 1.09 bits per heavy atom. The number of nitrogens with one attached hydrogen (secondary N) is 1. The molecular weight excluding hydrogens is 448 g/mol. The molecule has 3 heterocycles. The number of anilines is 1. The molecule has 3 aliphatic rings. The van der Waals surface area contributed by atoms with Gasteiger partial charge in [-0.05, 0) is 58.3 Å². The van der Waals surface area contributed by atoms with Crippen LogP contribution in [0.15, 0.2) is 30.3 Å². The molecule has 0 unspecified atom stereocenters. The van der Waals surface area contributed by atoms with Gasteiger partial charge in [-0.15, -0.1) is 0 Å². The summed E-state index contributed by atoms with van der Waals surface area (Å²) in [6.07, 6.45) is 6.09. The number of rotatable bonds is 12. The second-order valence-electron chi connectivity index (χ2n) is 10.3. The SMILES string of the molecule is CCCCCCCOC[C@@]12O[C@@H](CN3CCCC3)[C@@H](OC(=O)Nc3ccccc3)[C@@H]1OC(C)(C)O2. The van der Waals surface area contributed by atoms with Gasteiger partial charge in [-0.3, -0.25) is 5.32 Å². The smallest absolute Gasteiger partial charge is 0.412 e. The predicted molar refractivity (Wildman–Crippen MR) is 133 cm³/mol. The third kappa shape index (κ3) is 6.95. The predicted octanol–water partition coefficient (Wildman–Crippen LogP) is 4.93. The molecular formula is C27H42N2O6. The topological polar surface area (TPSA) is 78.5 Å². The lowest BCUT2D eigenvalue weighted by Gasteiger charge is -2.30. The first-order chi connectivity index (χ1) is 16.9. The van der Waals surface area contributed by atoms with E-state index >= 15 is 0 Å². The van der Waals surface area contributed by atoms with Crippen molar-refractivity contribution in [2.24, 2.45) is 0 Å². The van der Waals surface area contributed by atoms with Gasteiger partial charge >= 0.3 is 6.09 Å². The maximum Gasteiger partial charge on any atom is 0.412 e. The van der Waals surface area contributed by atoms with E-state index in [4.69, 9.17) is 23.7 Å². The summed E-state index contributed by atoms with van der Waals surface area (Å²) in [7, 11) is 0. The van der Waals surface area contributed by atoms with Gasteiger partial charge < -0.3 is 28.6 Å². The molecule has 0 aliphatic carbocycles. The van der Waals surface area contributed by atoms with Crippen molar-refractivity contribution in [3.05, 3.63) is 30.3 Å². The maximum atomic E-state index is 12.9. The van der Waals surface area contributed by atoms with Gasteiger partial charge in [0.15, 0.2) is 18.0 Å². The number of fused-ring (bicyclic) bond motifs is 1. The molecule has 3 aliphatic heterocycles. The summed E-state index contributed by atoms with van der Waals surface area (Å²) in [5.74, 6) is -1.97. The van der Waals surface area contributed by atoms with Gasteiger partial charge in [0.25, 0.3) is 0 Å². The van der Waals surface area contributed by atoms with E-state index in [1.54, 1.807) is 0 Å². The van der Waals surface area contributed by atoms with E-state index < -0.39 is 29.9 Å². The van der Waals surface area contributed by atoms with Crippen molar-refractivity contribution < 1.29 is 28.5 Å². The van der Waals surface area contributed by atoms with Crippen LogP contribution in [-0.2, 0) is 23.7 Å². The van der Waals surface area contributed by atoms with Gasteiger partial charge in [-0.25, -0.2) is 4.79 Å². The van der Waals surface area contributed by atoms with E-state index in [9.17, 15) is 4.79 Å². The number of benzene rings is 1. The summed E-state index contributed by atoms with van der Waals surface area (Å²) in [6.45, 7) is 9.50. The molecule has 0 spiro atoms. The van der Waals surface area contributed by atoms with Crippen molar-refractivity contribution in [2.75, 3.05) is 38.2 Å². The molecule has 0 aromatic heterocycles. The highest BCUT2D eigenvalue weighted by Gasteiger charge is 2.66. The van der Waals surface area contributed by atoms with Crippen LogP contribution in [0.1, 0.15) is 65.7 Å². The lowest BCUT2D eigenvalue weighted by atomic mass is 10.0. The van der Waals surface area contributed by atoms with Crippen LogP contribution in [0.2, 0.25) is 0 Å². The lowest BCUT2D eigenvalue weighted by molar-refractivity contribution is -0.278. The van der Waals surface area contributed by atoms with Crippen LogP contribution < -0.4 is 5.32 Å². The van der Waals surface area contributed by atoms with Crippen LogP contribution in [0.25, 0.3) is 0 Å². The number of carbonyl (C=O) groups excluding carboxylic acids is 1. The Morgan fingerprint density at radius 2 is 1.83 bits per heavy atom. The van der Waals surface area contributed by atoms with Crippen LogP contribution in [0.3, 0.4) is 0 Å². The molecule has 3 saturated heterocycles. The minimum atomic E-state index is -1.10. The lowest BCUT2D eigenvalue weighted by Crippen LogP contribution is -2.46. The summed E-state index contributed by atoms with van der Waals surface area (Å²) in [5.41, 5.74) is 0.675. The number of ether oxygens (including phenoxy) is 5. The largest absolute Gasteiger partial charge is 0.440 e. The molecule has 196 valence electrons. The second kappa shape index (κ2) is 12.0. The molecule has 4 rings (SSSR count). The zero-order valence-corrected chi connectivity index (χ0v) is 21.5. The zero-order chi connectivity index (χ0) is 24.7. The number of likely N-dealkylation sites (tertiary alicyclic amines) is 1. The fourth-order valence-corrected chi connectivity index (χ4v) is 5.28. The van der Waals surface area contributed by atoms with E-state index in [0.29, 0.717) is 18.8 Å². The van der Waals surface area contributed by atoms with Crippen LogP contribution in [-0.4, -0.2) is 73.7 Å². The number of nitrogens with zero attached hydrogens (tertiary/aromatic N) is 1. The second-order valence-corrected chi connectivity index (χ2v) is 10.3. The van der Waals surface area contributed by atoms with Crippen molar-refractivity contribution in [3.8, 4) is 0 Å². The molecule has 1 aromatic carbocycles. The van der Waals surface area contributed by atoms with E-state index in [1.807, 2.05) is 44.2 Å². The Labute approximate surface area is 209 Å². The van der Waals surface area contributed by atoms with Crippen molar-refractivity contribution in [1.29, 1.82) is 0 Å². The summed E-state index contributed by atoms with van der Waals surface area (Å²) in [5, 5.41) is 2.81. The third-order valence-electron chi connectivity index (χ3n) is 6.87. The Balaban J connectivity index is 1.44. The summed E-state index contributed by atoms with van der Waals surface area (Å²) in [6, 6.07) is 9.28. The Kier molecular flexibility index (Phi) is 9.05. The first kappa shape index (κ1) is 26.4. The van der Waals surface area contributed by atoms with Crippen LogP contribution >= 0.6 is 0 Å². The van der Waals surface area contributed by atoms with E-state index in [2.05, 4.69) is 17.1 Å². The highest BCUT2D eigenvalue weighted by atomic mass is 16.9. The molecule has 1 N–H and O–H groups in total. The number of carbonyl (C=O) groups is 1. The van der Waals surface area contributed by atoms with Gasteiger partial charge in [-0.1, -0.05) is 50.8 Å². The van der Waals surface area contributed by atoms with Gasteiger partial charge in [0, 0.05) is 18.8 Å². The monoisotopic (exact) mass is 490 g/mol. The summed E-state index contributed by atoms with van der Waals surface area (Å²) >= 11 is 0. The number of unbranched alkanes of at least 4 members (excludes halogenated alkanes) is 4. The van der Waals surface area contributed by atoms with Gasteiger partial charge in [0.1, 0.15) is 12.7 Å². The third-order valence-corrected chi connectivity index (χ3v) is 6.87. The number of para-hydroxylation sites is 1. The Bertz CT molecular complexity index is 800. The fraction of sp³-hybridized carbons (Fsp3) is 0.741. The van der Waals surface area contributed by atoms with Crippen molar-refractivity contribution in [3.63, 3.8) is 0 Å². The minimum absolute atomic E-state index is 0.242. The summed E-state index contributed by atoms with van der Waals surface area (Å²) < 4.78 is 31.2. The highest BCUT2D eigenvalue weighted by Crippen LogP contribution is 2.47. The van der Waals surface area contributed by atoms with Crippen LogP contribution in [0.5, 0.6) is 0 Å². The van der Waals surface area contributed by atoms with E-state index in [-0.39, 0.29) is 12.7 Å². The fourth-order valence-electron chi connectivity index (χ4n) is 5.28. The molecule has 1 aromatic rings. The molecule has 4 atom stereocenters. The molecule has 8 nitrogen and oxygen atoms in total. The highest BCUT2D eigenvalue weighted by molar-refractivity contribution is 5.84. The molecule has 3 fully saturated rings. The quantitative estimate of drug-likeness (QED) is 0.416. The molecule has 8 heteroatoms. The molecule has 0 radical (unpaired) electrons. The van der Waals surface area contributed by atoms with Crippen LogP contribution in [0, 0.1) is 0 Å². The molecule has 35 heavy (non-hydrogen) atoms. The van der Waals surface area contributed by atoms with Crippen molar-refractivity contribution >= 4 is 11.8 Å².